The van der Waals surface area contributed by atoms with Gasteiger partial charge in [0.15, 0.2) is 11.6 Å². The highest BCUT2D eigenvalue weighted by atomic mass is 19.2. The molecule has 0 aliphatic carbocycles. The summed E-state index contributed by atoms with van der Waals surface area (Å²) in [6, 6.07) is 5.00. The molecule has 1 N–H and O–H groups in total. The second-order valence-corrected chi connectivity index (χ2v) is 5.56. The normalized spacial score (nSPS) is 26.4. The van der Waals surface area contributed by atoms with Crippen molar-refractivity contribution in [3.8, 4) is 0 Å². The van der Waals surface area contributed by atoms with E-state index < -0.39 is 11.6 Å². The molecule has 0 spiro atoms. The molecule has 1 aromatic rings. The van der Waals surface area contributed by atoms with Gasteiger partial charge in [-0.1, -0.05) is 12.5 Å². The monoisotopic (exact) mass is 268 g/mol. The van der Waals surface area contributed by atoms with Crippen LogP contribution in [-0.4, -0.2) is 17.1 Å². The Kier molecular flexibility index (Phi) is 4.53. The summed E-state index contributed by atoms with van der Waals surface area (Å²) < 4.78 is 26.2. The average Bonchev–Trinajstić information content (AvgIpc) is 2.37. The van der Waals surface area contributed by atoms with Crippen LogP contribution in [0.25, 0.3) is 0 Å². The Labute approximate surface area is 113 Å². The number of benzene rings is 1. The van der Waals surface area contributed by atoms with Crippen molar-refractivity contribution in [1.82, 2.24) is 10.4 Å². The molecule has 106 valence electrons. The van der Waals surface area contributed by atoms with E-state index in [2.05, 4.69) is 24.3 Å². The third kappa shape index (κ3) is 3.31. The van der Waals surface area contributed by atoms with Crippen molar-refractivity contribution < 1.29 is 8.78 Å². The van der Waals surface area contributed by atoms with E-state index in [4.69, 9.17) is 0 Å². The Bertz CT molecular complexity index is 426. The molecule has 1 heterocycles. The first-order valence-corrected chi connectivity index (χ1v) is 6.98. The summed E-state index contributed by atoms with van der Waals surface area (Å²) in [5.41, 5.74) is 4.19. The minimum Gasteiger partial charge on any atom is -0.247 e. The molecule has 1 fully saturated rings. The molecule has 4 heteroatoms. The van der Waals surface area contributed by atoms with Crippen LogP contribution in [0.1, 0.15) is 51.6 Å². The molecular weight excluding hydrogens is 246 g/mol. The van der Waals surface area contributed by atoms with E-state index in [9.17, 15) is 8.78 Å². The van der Waals surface area contributed by atoms with E-state index in [1.165, 1.54) is 31.4 Å². The topological polar surface area (TPSA) is 15.3 Å². The zero-order valence-electron chi connectivity index (χ0n) is 11.8. The first kappa shape index (κ1) is 14.4. The van der Waals surface area contributed by atoms with Gasteiger partial charge in [-0.25, -0.2) is 19.2 Å². The Hall–Kier alpha value is -1.00. The number of hydrazine groups is 1. The number of nitrogens with zero attached hydrogens (tertiary/aromatic N) is 1. The van der Waals surface area contributed by atoms with Crippen molar-refractivity contribution in [2.45, 2.75) is 58.2 Å². The second kappa shape index (κ2) is 5.97. The minimum absolute atomic E-state index is 0.0295. The maximum absolute atomic E-state index is 13.3. The molecular formula is C15H22F2N2. The summed E-state index contributed by atoms with van der Waals surface area (Å²) in [5.74, 6) is -1.58. The highest BCUT2D eigenvalue weighted by Gasteiger charge is 2.26. The Morgan fingerprint density at radius 1 is 1.16 bits per heavy atom. The number of piperidine rings is 1. The third-order valence-corrected chi connectivity index (χ3v) is 3.98. The predicted octanol–water partition coefficient (Wildman–Crippen LogP) is 3.79. The van der Waals surface area contributed by atoms with Gasteiger partial charge in [0.2, 0.25) is 0 Å². The third-order valence-electron chi connectivity index (χ3n) is 3.98. The maximum atomic E-state index is 13.3. The van der Waals surface area contributed by atoms with Gasteiger partial charge in [-0.05, 0) is 51.3 Å². The largest absolute Gasteiger partial charge is 0.247 e. The van der Waals surface area contributed by atoms with E-state index in [0.29, 0.717) is 12.1 Å². The SMILES string of the molecule is CC(NN1C(C)CCCC1C)c1ccc(F)c(F)c1. The van der Waals surface area contributed by atoms with E-state index in [1.54, 1.807) is 6.07 Å². The number of nitrogens with one attached hydrogen (secondary N) is 1. The molecule has 3 atom stereocenters. The molecule has 0 amide bonds. The lowest BCUT2D eigenvalue weighted by Gasteiger charge is -2.41. The van der Waals surface area contributed by atoms with Gasteiger partial charge >= 0.3 is 0 Å². The van der Waals surface area contributed by atoms with Crippen LogP contribution in [-0.2, 0) is 0 Å². The molecule has 1 aliphatic heterocycles. The molecule has 0 radical (unpaired) electrons. The summed E-state index contributed by atoms with van der Waals surface area (Å²) in [6.07, 6.45) is 3.59. The zero-order valence-corrected chi connectivity index (χ0v) is 11.8. The highest BCUT2D eigenvalue weighted by Crippen LogP contribution is 2.23. The minimum atomic E-state index is -0.796. The van der Waals surface area contributed by atoms with Crippen LogP contribution in [0.2, 0.25) is 0 Å². The molecule has 0 aromatic heterocycles. The molecule has 0 bridgehead atoms. The van der Waals surface area contributed by atoms with Gasteiger partial charge in [0.05, 0.1) is 0 Å². The summed E-state index contributed by atoms with van der Waals surface area (Å²) in [5, 5.41) is 2.25. The van der Waals surface area contributed by atoms with Gasteiger partial charge in [0.25, 0.3) is 0 Å². The first-order chi connectivity index (χ1) is 8.99. The van der Waals surface area contributed by atoms with Crippen LogP contribution >= 0.6 is 0 Å². The van der Waals surface area contributed by atoms with Gasteiger partial charge in [0.1, 0.15) is 0 Å². The van der Waals surface area contributed by atoms with Crippen LogP contribution in [0.4, 0.5) is 8.78 Å². The molecule has 19 heavy (non-hydrogen) atoms. The lowest BCUT2D eigenvalue weighted by atomic mass is 9.99. The van der Waals surface area contributed by atoms with Crippen LogP contribution < -0.4 is 5.43 Å². The highest BCUT2D eigenvalue weighted by molar-refractivity contribution is 5.20. The number of halogens is 2. The fourth-order valence-electron chi connectivity index (χ4n) is 2.76. The van der Waals surface area contributed by atoms with Crippen molar-refractivity contribution in [2.75, 3.05) is 0 Å². The Morgan fingerprint density at radius 3 is 2.37 bits per heavy atom. The smallest absolute Gasteiger partial charge is 0.159 e. The average molecular weight is 268 g/mol. The van der Waals surface area contributed by atoms with Gasteiger partial charge in [0, 0.05) is 18.1 Å². The number of hydrogen-bond donors (Lipinski definition) is 1. The van der Waals surface area contributed by atoms with Crippen LogP contribution in [0.3, 0.4) is 0 Å². The van der Waals surface area contributed by atoms with E-state index >= 15 is 0 Å². The van der Waals surface area contributed by atoms with Gasteiger partial charge in [-0.2, -0.15) is 0 Å². The van der Waals surface area contributed by atoms with E-state index in [1.807, 2.05) is 6.92 Å². The standard InChI is InChI=1S/C15H22F2N2/c1-10-5-4-6-11(2)19(10)18-12(3)13-7-8-14(16)15(17)9-13/h7-12,18H,4-6H2,1-3H3. The van der Waals surface area contributed by atoms with Gasteiger partial charge in [-0.3, -0.25) is 0 Å². The van der Waals surface area contributed by atoms with Crippen LogP contribution in [0, 0.1) is 11.6 Å². The summed E-state index contributed by atoms with van der Waals surface area (Å²) in [7, 11) is 0. The fourth-order valence-corrected chi connectivity index (χ4v) is 2.76. The van der Waals surface area contributed by atoms with Crippen LogP contribution in [0.5, 0.6) is 0 Å². The lowest BCUT2D eigenvalue weighted by Crippen LogP contribution is -2.52. The predicted molar refractivity (Wildman–Crippen MR) is 72.5 cm³/mol. The quantitative estimate of drug-likeness (QED) is 0.897. The fraction of sp³-hybridized carbons (Fsp3) is 0.600. The second-order valence-electron chi connectivity index (χ2n) is 5.56. The molecule has 2 nitrogen and oxygen atoms in total. The molecule has 2 rings (SSSR count). The van der Waals surface area contributed by atoms with Gasteiger partial charge < -0.3 is 0 Å². The van der Waals surface area contributed by atoms with Gasteiger partial charge in [-0.15, -0.1) is 0 Å². The number of rotatable bonds is 3. The summed E-state index contributed by atoms with van der Waals surface area (Å²) in [4.78, 5) is 0. The summed E-state index contributed by atoms with van der Waals surface area (Å²) in [6.45, 7) is 6.36. The Morgan fingerprint density at radius 2 is 1.79 bits per heavy atom. The van der Waals surface area contributed by atoms with E-state index in [0.717, 1.165) is 5.56 Å². The maximum Gasteiger partial charge on any atom is 0.159 e. The lowest BCUT2D eigenvalue weighted by molar-refractivity contribution is 0.0320. The molecule has 1 aliphatic rings. The Balaban J connectivity index is 2.07. The zero-order chi connectivity index (χ0) is 14.0. The van der Waals surface area contributed by atoms with Crippen molar-refractivity contribution in [3.05, 3.63) is 35.4 Å². The number of hydrogen-bond acceptors (Lipinski definition) is 2. The van der Waals surface area contributed by atoms with Crippen molar-refractivity contribution in [1.29, 1.82) is 0 Å². The molecule has 3 unspecified atom stereocenters. The molecule has 1 saturated heterocycles. The summed E-state index contributed by atoms with van der Waals surface area (Å²) >= 11 is 0. The van der Waals surface area contributed by atoms with Crippen LogP contribution in [0.15, 0.2) is 18.2 Å². The van der Waals surface area contributed by atoms with Crippen molar-refractivity contribution >= 4 is 0 Å². The molecule has 1 aromatic carbocycles. The molecule has 0 saturated carbocycles. The van der Waals surface area contributed by atoms with Crippen molar-refractivity contribution in [3.63, 3.8) is 0 Å². The van der Waals surface area contributed by atoms with E-state index in [-0.39, 0.29) is 6.04 Å². The first-order valence-electron chi connectivity index (χ1n) is 6.98. The van der Waals surface area contributed by atoms with Crippen molar-refractivity contribution in [2.24, 2.45) is 0 Å².